The van der Waals surface area contributed by atoms with Crippen LogP contribution in [0.4, 0.5) is 0 Å². The van der Waals surface area contributed by atoms with Crippen molar-refractivity contribution in [1.82, 2.24) is 10.0 Å². The summed E-state index contributed by atoms with van der Waals surface area (Å²) in [5.41, 5.74) is 0.572. The van der Waals surface area contributed by atoms with Crippen molar-refractivity contribution in [2.45, 2.75) is 24.3 Å². The molecule has 0 aliphatic heterocycles. The Hall–Kier alpha value is -0.370. The van der Waals surface area contributed by atoms with Crippen LogP contribution in [0.1, 0.15) is 18.4 Å². The van der Waals surface area contributed by atoms with E-state index in [0.717, 1.165) is 6.42 Å². The number of halogens is 2. The van der Waals surface area contributed by atoms with Gasteiger partial charge in [-0.15, -0.1) is 0 Å². The van der Waals surface area contributed by atoms with E-state index in [0.29, 0.717) is 36.7 Å². The zero-order valence-corrected chi connectivity index (χ0v) is 14.4. The lowest BCUT2D eigenvalue weighted by Crippen LogP contribution is -2.25. The van der Waals surface area contributed by atoms with E-state index in [1.807, 2.05) is 0 Å². The Kier molecular flexibility index (Phi) is 7.94. The van der Waals surface area contributed by atoms with Crippen LogP contribution in [0.25, 0.3) is 0 Å². The minimum Gasteiger partial charge on any atom is -0.385 e. The van der Waals surface area contributed by atoms with Crippen molar-refractivity contribution in [2.24, 2.45) is 0 Å². The van der Waals surface area contributed by atoms with E-state index in [-0.39, 0.29) is 9.92 Å². The molecule has 0 amide bonds. The van der Waals surface area contributed by atoms with Gasteiger partial charge in [0, 0.05) is 37.4 Å². The van der Waals surface area contributed by atoms with E-state index < -0.39 is 10.0 Å². The second-order valence-electron chi connectivity index (χ2n) is 4.47. The van der Waals surface area contributed by atoms with Gasteiger partial charge in [0.05, 0.1) is 5.02 Å². The molecule has 0 aliphatic rings. The smallest absolute Gasteiger partial charge is 0.242 e. The Balaban J connectivity index is 2.86. The predicted octanol–water partition coefficient (Wildman–Crippen LogP) is 2.42. The van der Waals surface area contributed by atoms with Crippen molar-refractivity contribution in [1.29, 1.82) is 0 Å². The minimum absolute atomic E-state index is 0.0468. The highest BCUT2D eigenvalue weighted by Gasteiger charge is 2.20. The molecule has 0 saturated heterocycles. The molecule has 1 rings (SSSR count). The first-order valence-electron chi connectivity index (χ1n) is 6.54. The van der Waals surface area contributed by atoms with E-state index in [1.165, 1.54) is 6.07 Å². The number of hydrogen-bond acceptors (Lipinski definition) is 4. The molecule has 2 N–H and O–H groups in total. The summed E-state index contributed by atoms with van der Waals surface area (Å²) >= 11 is 12.2. The van der Waals surface area contributed by atoms with E-state index in [4.69, 9.17) is 27.9 Å². The van der Waals surface area contributed by atoms with Crippen molar-refractivity contribution in [3.8, 4) is 0 Å². The third kappa shape index (κ3) is 5.39. The molecule has 1 aromatic rings. The number of ether oxygens (including phenoxy) is 1. The Morgan fingerprint density at radius 1 is 1.24 bits per heavy atom. The summed E-state index contributed by atoms with van der Waals surface area (Å²) in [4.78, 5) is 0.0468. The first kappa shape index (κ1) is 18.7. The summed E-state index contributed by atoms with van der Waals surface area (Å²) in [6, 6.07) is 2.96. The highest BCUT2D eigenvalue weighted by molar-refractivity contribution is 7.89. The van der Waals surface area contributed by atoms with Crippen LogP contribution >= 0.6 is 23.2 Å². The van der Waals surface area contributed by atoms with Crippen LogP contribution in [-0.4, -0.2) is 35.7 Å². The summed E-state index contributed by atoms with van der Waals surface area (Å²) in [6.07, 6.45) is 1.49. The fourth-order valence-electron chi connectivity index (χ4n) is 1.78. The molecule has 0 aliphatic carbocycles. The quantitative estimate of drug-likeness (QED) is 0.668. The molecule has 0 spiro atoms. The van der Waals surface area contributed by atoms with Crippen LogP contribution in [-0.2, 0) is 21.3 Å². The Morgan fingerprint density at radius 2 is 1.95 bits per heavy atom. The average molecular weight is 355 g/mol. The van der Waals surface area contributed by atoms with Gasteiger partial charge >= 0.3 is 0 Å². The Morgan fingerprint density at radius 3 is 2.57 bits per heavy atom. The Labute approximate surface area is 136 Å². The maximum atomic E-state index is 12.3. The highest BCUT2D eigenvalue weighted by atomic mass is 35.5. The number of benzene rings is 1. The number of unbranched alkanes of at least 4 members (excludes halogenated alkanes) is 1. The normalized spacial score (nSPS) is 11.8. The van der Waals surface area contributed by atoms with Gasteiger partial charge in [-0.2, -0.15) is 0 Å². The molecule has 0 radical (unpaired) electrons. The SMILES string of the molecule is CNCc1c(Cl)ccc(S(=O)(=O)NCCCCOC)c1Cl. The fourth-order valence-corrected chi connectivity index (χ4v) is 3.76. The summed E-state index contributed by atoms with van der Waals surface area (Å²) in [5.74, 6) is 0. The lowest BCUT2D eigenvalue weighted by molar-refractivity contribution is 0.193. The third-order valence-electron chi connectivity index (χ3n) is 2.86. The third-order valence-corrected chi connectivity index (χ3v) is 5.26. The number of sulfonamides is 1. The van der Waals surface area contributed by atoms with E-state index in [1.54, 1.807) is 20.2 Å². The van der Waals surface area contributed by atoms with Gasteiger partial charge < -0.3 is 10.1 Å². The molecule has 21 heavy (non-hydrogen) atoms. The number of nitrogens with one attached hydrogen (secondary N) is 2. The van der Waals surface area contributed by atoms with Crippen molar-refractivity contribution in [3.05, 3.63) is 27.7 Å². The van der Waals surface area contributed by atoms with Crippen molar-refractivity contribution >= 4 is 33.2 Å². The summed E-state index contributed by atoms with van der Waals surface area (Å²) in [6.45, 7) is 1.34. The maximum Gasteiger partial charge on any atom is 0.242 e. The molecular formula is C13H20Cl2N2O3S. The zero-order valence-electron chi connectivity index (χ0n) is 12.1. The minimum atomic E-state index is -3.64. The van der Waals surface area contributed by atoms with Gasteiger partial charge in [0.2, 0.25) is 10.0 Å². The second kappa shape index (κ2) is 8.92. The molecular weight excluding hydrogens is 335 g/mol. The van der Waals surface area contributed by atoms with Gasteiger partial charge in [0.1, 0.15) is 4.90 Å². The van der Waals surface area contributed by atoms with Crippen LogP contribution in [0.15, 0.2) is 17.0 Å². The van der Waals surface area contributed by atoms with Crippen LogP contribution in [0.3, 0.4) is 0 Å². The molecule has 0 atom stereocenters. The van der Waals surface area contributed by atoms with E-state index >= 15 is 0 Å². The van der Waals surface area contributed by atoms with Crippen LogP contribution in [0, 0.1) is 0 Å². The zero-order chi connectivity index (χ0) is 15.9. The summed E-state index contributed by atoms with van der Waals surface area (Å²) < 4.78 is 32.0. The van der Waals surface area contributed by atoms with Gasteiger partial charge in [-0.1, -0.05) is 23.2 Å². The predicted molar refractivity (Wildman–Crippen MR) is 85.5 cm³/mol. The lowest BCUT2D eigenvalue weighted by Gasteiger charge is -2.12. The molecule has 5 nitrogen and oxygen atoms in total. The van der Waals surface area contributed by atoms with Crippen molar-refractivity contribution in [2.75, 3.05) is 27.3 Å². The molecule has 0 unspecified atom stereocenters. The lowest BCUT2D eigenvalue weighted by atomic mass is 10.2. The molecule has 120 valence electrons. The molecule has 0 saturated carbocycles. The first-order valence-corrected chi connectivity index (χ1v) is 8.78. The molecule has 8 heteroatoms. The van der Waals surface area contributed by atoms with Gasteiger partial charge in [-0.3, -0.25) is 0 Å². The van der Waals surface area contributed by atoms with Gasteiger partial charge in [0.25, 0.3) is 0 Å². The molecule has 1 aromatic carbocycles. The monoisotopic (exact) mass is 354 g/mol. The van der Waals surface area contributed by atoms with Gasteiger partial charge in [0.15, 0.2) is 0 Å². The van der Waals surface area contributed by atoms with Crippen molar-refractivity contribution < 1.29 is 13.2 Å². The van der Waals surface area contributed by atoms with E-state index in [9.17, 15) is 8.42 Å². The maximum absolute atomic E-state index is 12.3. The summed E-state index contributed by atoms with van der Waals surface area (Å²) in [7, 11) is -0.295. The highest BCUT2D eigenvalue weighted by Crippen LogP contribution is 2.30. The molecule has 0 fully saturated rings. The first-order chi connectivity index (χ1) is 9.94. The number of rotatable bonds is 9. The molecule has 0 bridgehead atoms. The molecule has 0 aromatic heterocycles. The van der Waals surface area contributed by atoms with E-state index in [2.05, 4.69) is 10.0 Å². The summed E-state index contributed by atoms with van der Waals surface area (Å²) in [5, 5.41) is 3.50. The topological polar surface area (TPSA) is 67.4 Å². The fraction of sp³-hybridized carbons (Fsp3) is 0.538. The number of hydrogen-bond donors (Lipinski definition) is 2. The van der Waals surface area contributed by atoms with Gasteiger partial charge in [-0.25, -0.2) is 13.1 Å². The molecule has 0 heterocycles. The van der Waals surface area contributed by atoms with Crippen molar-refractivity contribution in [3.63, 3.8) is 0 Å². The van der Waals surface area contributed by atoms with Crippen LogP contribution in [0.5, 0.6) is 0 Å². The standard InChI is InChI=1S/C13H20Cl2N2O3S/c1-16-9-10-11(14)5-6-12(13(10)15)21(18,19)17-7-3-4-8-20-2/h5-6,16-17H,3-4,7-9H2,1-2H3. The number of methoxy groups -OCH3 is 1. The van der Waals surface area contributed by atoms with Crippen LogP contribution < -0.4 is 10.0 Å². The average Bonchev–Trinajstić information content (AvgIpc) is 2.42. The van der Waals surface area contributed by atoms with Crippen LogP contribution in [0.2, 0.25) is 10.0 Å². The largest absolute Gasteiger partial charge is 0.385 e. The Bertz CT molecular complexity index is 565. The van der Waals surface area contributed by atoms with Gasteiger partial charge in [-0.05, 0) is 32.0 Å². The second-order valence-corrected chi connectivity index (χ2v) is 6.99.